The third-order valence-electron chi connectivity index (χ3n) is 4.92. The second kappa shape index (κ2) is 8.69. The number of aryl methyl sites for hydroxylation is 1. The largest absolute Gasteiger partial charge is 0.263 e. The van der Waals surface area contributed by atoms with Gasteiger partial charge < -0.3 is 0 Å². The molecule has 1 saturated heterocycles. The van der Waals surface area contributed by atoms with Crippen molar-refractivity contribution in [1.29, 1.82) is 0 Å². The van der Waals surface area contributed by atoms with E-state index in [4.69, 9.17) is 0 Å². The Morgan fingerprint density at radius 2 is 1.82 bits per heavy atom. The quantitative estimate of drug-likeness (QED) is 0.737. The normalized spacial score (nSPS) is 18.8. The predicted octanol–water partition coefficient (Wildman–Crippen LogP) is 2.30. The van der Waals surface area contributed by atoms with Gasteiger partial charge in [-0.1, -0.05) is 24.1 Å². The van der Waals surface area contributed by atoms with Gasteiger partial charge in [0.05, 0.1) is 4.90 Å². The molecule has 1 atom stereocenters. The van der Waals surface area contributed by atoms with Crippen LogP contribution in [0.15, 0.2) is 58.6 Å². The van der Waals surface area contributed by atoms with Gasteiger partial charge >= 0.3 is 0 Å². The summed E-state index contributed by atoms with van der Waals surface area (Å²) in [5.41, 5.74) is 0.999. The SMILES string of the molecule is Cc1ccc(S(=O)(=O)N2CCCCC2CCNS(=O)(=O)c2cccnc2)cc1. The molecule has 0 bridgehead atoms. The molecule has 7 nitrogen and oxygen atoms in total. The number of nitrogens with one attached hydrogen (secondary N) is 1. The summed E-state index contributed by atoms with van der Waals surface area (Å²) in [5.74, 6) is 0. The summed E-state index contributed by atoms with van der Waals surface area (Å²) in [5, 5.41) is 0. The Hall–Kier alpha value is -1.81. The first-order chi connectivity index (χ1) is 13.3. The third-order valence-corrected chi connectivity index (χ3v) is 8.33. The van der Waals surface area contributed by atoms with E-state index in [0.717, 1.165) is 24.8 Å². The monoisotopic (exact) mass is 423 g/mol. The molecule has 28 heavy (non-hydrogen) atoms. The maximum Gasteiger partial charge on any atom is 0.243 e. The molecule has 1 aliphatic rings. The highest BCUT2D eigenvalue weighted by atomic mass is 32.2. The van der Waals surface area contributed by atoms with Crippen molar-refractivity contribution in [2.24, 2.45) is 0 Å². The lowest BCUT2D eigenvalue weighted by Crippen LogP contribution is -2.45. The smallest absolute Gasteiger partial charge is 0.243 e. The number of aromatic nitrogens is 1. The molecule has 1 aromatic heterocycles. The Kier molecular flexibility index (Phi) is 6.49. The molecule has 0 aliphatic carbocycles. The van der Waals surface area contributed by atoms with E-state index in [1.165, 1.54) is 22.8 Å². The van der Waals surface area contributed by atoms with E-state index < -0.39 is 20.0 Å². The zero-order valence-corrected chi connectivity index (χ0v) is 17.4. The van der Waals surface area contributed by atoms with E-state index in [-0.39, 0.29) is 22.4 Å². The summed E-state index contributed by atoms with van der Waals surface area (Å²) in [6, 6.07) is 9.64. The van der Waals surface area contributed by atoms with Crippen LogP contribution in [0.5, 0.6) is 0 Å². The summed E-state index contributed by atoms with van der Waals surface area (Å²) >= 11 is 0. The van der Waals surface area contributed by atoms with E-state index in [1.54, 1.807) is 30.3 Å². The molecule has 3 rings (SSSR count). The summed E-state index contributed by atoms with van der Waals surface area (Å²) in [7, 11) is -7.25. The second-order valence-electron chi connectivity index (χ2n) is 6.95. The van der Waals surface area contributed by atoms with Gasteiger partial charge in [0.25, 0.3) is 0 Å². The van der Waals surface area contributed by atoms with E-state index in [0.29, 0.717) is 13.0 Å². The summed E-state index contributed by atoms with van der Waals surface area (Å²) in [6.45, 7) is 2.53. The fourth-order valence-corrected chi connectivity index (χ4v) is 6.11. The van der Waals surface area contributed by atoms with Gasteiger partial charge in [0, 0.05) is 31.5 Å². The van der Waals surface area contributed by atoms with Crippen LogP contribution in [0.1, 0.15) is 31.2 Å². The van der Waals surface area contributed by atoms with Gasteiger partial charge in [-0.3, -0.25) is 4.98 Å². The van der Waals surface area contributed by atoms with Crippen LogP contribution < -0.4 is 4.72 Å². The van der Waals surface area contributed by atoms with Crippen molar-refractivity contribution in [3.8, 4) is 0 Å². The Labute approximate surface area is 166 Å². The van der Waals surface area contributed by atoms with Crippen LogP contribution in [0.4, 0.5) is 0 Å². The van der Waals surface area contributed by atoms with Gasteiger partial charge in [-0.05, 0) is 50.5 Å². The van der Waals surface area contributed by atoms with Gasteiger partial charge in [0.1, 0.15) is 4.90 Å². The molecular formula is C19H25N3O4S2. The van der Waals surface area contributed by atoms with Gasteiger partial charge in [-0.2, -0.15) is 4.31 Å². The summed E-state index contributed by atoms with van der Waals surface area (Å²) in [4.78, 5) is 4.20. The number of pyridine rings is 1. The van der Waals surface area contributed by atoms with E-state index in [2.05, 4.69) is 9.71 Å². The van der Waals surface area contributed by atoms with Crippen LogP contribution in [0.3, 0.4) is 0 Å². The number of sulfonamides is 2. The van der Waals surface area contributed by atoms with Crippen molar-refractivity contribution >= 4 is 20.0 Å². The van der Waals surface area contributed by atoms with Gasteiger partial charge in [-0.25, -0.2) is 21.6 Å². The molecule has 0 amide bonds. The molecule has 9 heteroatoms. The fourth-order valence-electron chi connectivity index (χ4n) is 3.37. The zero-order valence-electron chi connectivity index (χ0n) is 15.8. The van der Waals surface area contributed by atoms with Crippen LogP contribution in [0.2, 0.25) is 0 Å². The molecule has 1 fully saturated rings. The molecule has 2 aromatic rings. The topological polar surface area (TPSA) is 96.4 Å². The maximum atomic E-state index is 13.1. The van der Waals surface area contributed by atoms with E-state index in [9.17, 15) is 16.8 Å². The number of benzene rings is 1. The van der Waals surface area contributed by atoms with Gasteiger partial charge in [0.2, 0.25) is 20.0 Å². The molecule has 1 aromatic carbocycles. The first kappa shape index (κ1) is 20.9. The van der Waals surface area contributed by atoms with Crippen molar-refractivity contribution in [3.05, 3.63) is 54.4 Å². The lowest BCUT2D eigenvalue weighted by atomic mass is 10.0. The van der Waals surface area contributed by atoms with Crippen molar-refractivity contribution in [2.45, 2.75) is 48.4 Å². The number of nitrogens with zero attached hydrogens (tertiary/aromatic N) is 2. The number of hydrogen-bond donors (Lipinski definition) is 1. The lowest BCUT2D eigenvalue weighted by Gasteiger charge is -2.34. The Morgan fingerprint density at radius 3 is 2.50 bits per heavy atom. The Bertz CT molecular complexity index is 991. The minimum absolute atomic E-state index is 0.0998. The van der Waals surface area contributed by atoms with Crippen LogP contribution in [-0.4, -0.2) is 45.3 Å². The first-order valence-electron chi connectivity index (χ1n) is 9.29. The minimum atomic E-state index is -3.65. The third kappa shape index (κ3) is 4.78. The molecular weight excluding hydrogens is 398 g/mol. The molecule has 1 aliphatic heterocycles. The van der Waals surface area contributed by atoms with Crippen molar-refractivity contribution < 1.29 is 16.8 Å². The van der Waals surface area contributed by atoms with Crippen molar-refractivity contribution in [1.82, 2.24) is 14.0 Å². The van der Waals surface area contributed by atoms with Crippen molar-refractivity contribution in [3.63, 3.8) is 0 Å². The Balaban J connectivity index is 1.69. The van der Waals surface area contributed by atoms with Crippen LogP contribution >= 0.6 is 0 Å². The standard InChI is InChI=1S/C19H25N3O4S2/c1-16-7-9-18(10-8-16)28(25,26)22-14-3-2-5-17(22)11-13-21-27(23,24)19-6-4-12-20-15-19/h4,6-10,12,15,17,21H,2-3,5,11,13-14H2,1H3. The minimum Gasteiger partial charge on any atom is -0.263 e. The number of rotatable bonds is 7. The molecule has 2 heterocycles. The molecule has 0 saturated carbocycles. The highest BCUT2D eigenvalue weighted by molar-refractivity contribution is 7.89. The number of piperidine rings is 1. The molecule has 152 valence electrons. The average molecular weight is 424 g/mol. The van der Waals surface area contributed by atoms with Crippen LogP contribution in [0.25, 0.3) is 0 Å². The maximum absolute atomic E-state index is 13.1. The fraction of sp³-hybridized carbons (Fsp3) is 0.421. The number of hydrogen-bond acceptors (Lipinski definition) is 5. The van der Waals surface area contributed by atoms with Gasteiger partial charge in [0.15, 0.2) is 0 Å². The van der Waals surface area contributed by atoms with Gasteiger partial charge in [-0.15, -0.1) is 0 Å². The first-order valence-corrected chi connectivity index (χ1v) is 12.2. The lowest BCUT2D eigenvalue weighted by molar-refractivity contribution is 0.242. The van der Waals surface area contributed by atoms with Crippen molar-refractivity contribution in [2.75, 3.05) is 13.1 Å². The van der Waals surface area contributed by atoms with E-state index >= 15 is 0 Å². The molecule has 0 spiro atoms. The highest BCUT2D eigenvalue weighted by Crippen LogP contribution is 2.27. The average Bonchev–Trinajstić information content (AvgIpc) is 2.69. The van der Waals surface area contributed by atoms with E-state index in [1.807, 2.05) is 6.92 Å². The zero-order chi connectivity index (χ0) is 20.2. The Morgan fingerprint density at radius 1 is 1.07 bits per heavy atom. The van der Waals surface area contributed by atoms with Crippen LogP contribution in [-0.2, 0) is 20.0 Å². The second-order valence-corrected chi connectivity index (χ2v) is 10.6. The highest BCUT2D eigenvalue weighted by Gasteiger charge is 2.33. The predicted molar refractivity (Wildman–Crippen MR) is 107 cm³/mol. The molecule has 0 radical (unpaired) electrons. The molecule has 1 N–H and O–H groups in total. The summed E-state index contributed by atoms with van der Waals surface area (Å²) in [6.07, 6.45) is 5.68. The molecule has 1 unspecified atom stereocenters. The van der Waals surface area contributed by atoms with Crippen LogP contribution in [0, 0.1) is 6.92 Å². The summed E-state index contributed by atoms with van der Waals surface area (Å²) < 4.78 is 54.9.